The van der Waals surface area contributed by atoms with Crippen LogP contribution in [0.15, 0.2) is 54.7 Å². The average Bonchev–Trinajstić information content (AvgIpc) is 3.31. The molecule has 0 aliphatic carbocycles. The topological polar surface area (TPSA) is 152 Å². The Kier molecular flexibility index (Phi) is 5.69. The van der Waals surface area contributed by atoms with Crippen molar-refractivity contribution in [2.24, 2.45) is 0 Å². The second-order valence-electron chi connectivity index (χ2n) is 8.04. The number of nitrogens with zero attached hydrogens (tertiary/aromatic N) is 8. The molecule has 0 atom stereocenters. The minimum atomic E-state index is -0.0279. The van der Waals surface area contributed by atoms with Crippen LogP contribution in [0.1, 0.15) is 28.3 Å². The van der Waals surface area contributed by atoms with Gasteiger partial charge in [-0.05, 0) is 55.8 Å². The Hall–Kier alpha value is -5.35. The van der Waals surface area contributed by atoms with Crippen LogP contribution in [0.2, 0.25) is 0 Å². The molecule has 0 saturated carbocycles. The first kappa shape index (κ1) is 22.4. The summed E-state index contributed by atoms with van der Waals surface area (Å²) in [5.41, 5.74) is 12.1. The number of benzene rings is 1. The number of hydrogen-bond acceptors (Lipinski definition) is 9. The predicted octanol–water partition coefficient (Wildman–Crippen LogP) is 3.77. The van der Waals surface area contributed by atoms with Crippen molar-refractivity contribution >= 4 is 11.6 Å². The van der Waals surface area contributed by atoms with E-state index in [0.717, 1.165) is 22.5 Å². The van der Waals surface area contributed by atoms with E-state index in [1.807, 2.05) is 32.0 Å². The van der Waals surface area contributed by atoms with E-state index < -0.39 is 0 Å². The van der Waals surface area contributed by atoms with Gasteiger partial charge in [-0.25, -0.2) is 15.0 Å². The smallest absolute Gasteiger partial charge is 0.232 e. The van der Waals surface area contributed by atoms with Crippen LogP contribution >= 0.6 is 0 Å². The normalized spacial score (nSPS) is 10.7. The molecular weight excluding hydrogens is 454 g/mol. The summed E-state index contributed by atoms with van der Waals surface area (Å²) < 4.78 is 7.19. The minimum Gasteiger partial charge on any atom is -0.468 e. The lowest BCUT2D eigenvalue weighted by Gasteiger charge is -2.13. The van der Waals surface area contributed by atoms with Crippen LogP contribution in [0.5, 0.6) is 5.88 Å². The van der Waals surface area contributed by atoms with Gasteiger partial charge in [0.1, 0.15) is 11.6 Å². The van der Waals surface area contributed by atoms with Gasteiger partial charge in [0, 0.05) is 23.1 Å². The molecule has 10 heteroatoms. The largest absolute Gasteiger partial charge is 0.468 e. The van der Waals surface area contributed by atoms with E-state index >= 15 is 0 Å². The van der Waals surface area contributed by atoms with E-state index in [9.17, 15) is 10.5 Å². The van der Waals surface area contributed by atoms with Gasteiger partial charge in [0.25, 0.3) is 0 Å². The second kappa shape index (κ2) is 9.12. The van der Waals surface area contributed by atoms with Crippen molar-refractivity contribution in [1.82, 2.24) is 29.5 Å². The summed E-state index contributed by atoms with van der Waals surface area (Å²) in [6, 6.07) is 18.5. The van der Waals surface area contributed by atoms with Crippen molar-refractivity contribution in [3.8, 4) is 40.4 Å². The third-order valence-corrected chi connectivity index (χ3v) is 5.42. The van der Waals surface area contributed by atoms with E-state index in [4.69, 9.17) is 15.5 Å². The molecule has 2 N–H and O–H groups in total. The highest BCUT2D eigenvalue weighted by molar-refractivity contribution is 5.91. The van der Waals surface area contributed by atoms with Crippen LogP contribution in [0.4, 0.5) is 5.95 Å². The van der Waals surface area contributed by atoms with Crippen LogP contribution in [0.3, 0.4) is 0 Å². The molecule has 0 spiro atoms. The number of aryl methyl sites for hydroxylation is 2. The summed E-state index contributed by atoms with van der Waals surface area (Å²) in [6.45, 7) is 3.80. The number of hydrogen-bond donors (Lipinski definition) is 1. The third kappa shape index (κ3) is 4.15. The second-order valence-corrected chi connectivity index (χ2v) is 8.04. The Morgan fingerprint density at radius 3 is 2.50 bits per heavy atom. The molecule has 0 fully saturated rings. The number of pyridine rings is 2. The summed E-state index contributed by atoms with van der Waals surface area (Å²) in [5.74, 6) is 0.659. The van der Waals surface area contributed by atoms with Gasteiger partial charge >= 0.3 is 0 Å². The highest BCUT2D eigenvalue weighted by Crippen LogP contribution is 2.35. The zero-order valence-corrected chi connectivity index (χ0v) is 19.5. The monoisotopic (exact) mass is 473 g/mol. The first-order valence-corrected chi connectivity index (χ1v) is 11.0. The lowest BCUT2D eigenvalue weighted by Crippen LogP contribution is -2.06. The van der Waals surface area contributed by atoms with Gasteiger partial charge < -0.3 is 10.5 Å². The highest BCUT2D eigenvalue weighted by atomic mass is 16.5. The molecule has 0 amide bonds. The fraction of sp³-hybridized carbons (Fsp3) is 0.115. The quantitative estimate of drug-likeness (QED) is 0.402. The Morgan fingerprint density at radius 2 is 1.75 bits per heavy atom. The number of fused-ring (bicyclic) bond motifs is 1. The fourth-order valence-corrected chi connectivity index (χ4v) is 3.97. The molecule has 0 aliphatic rings. The van der Waals surface area contributed by atoms with Crippen LogP contribution in [-0.4, -0.2) is 29.5 Å². The zero-order valence-electron chi connectivity index (χ0n) is 19.5. The van der Waals surface area contributed by atoms with Gasteiger partial charge in [-0.3, -0.25) is 4.98 Å². The molecule has 4 aromatic heterocycles. The molecule has 36 heavy (non-hydrogen) atoms. The molecule has 174 valence electrons. The van der Waals surface area contributed by atoms with Crippen molar-refractivity contribution in [2.75, 3.05) is 5.73 Å². The highest BCUT2D eigenvalue weighted by Gasteiger charge is 2.21. The van der Waals surface area contributed by atoms with Crippen LogP contribution in [0, 0.1) is 36.5 Å². The third-order valence-electron chi connectivity index (χ3n) is 5.42. The molecule has 4 heterocycles. The molecule has 0 unspecified atom stereocenters. The number of aromatic nitrogens is 6. The molecule has 10 nitrogen and oxygen atoms in total. The van der Waals surface area contributed by atoms with E-state index in [1.54, 1.807) is 36.5 Å². The molecule has 0 bridgehead atoms. The minimum absolute atomic E-state index is 0.0279. The Morgan fingerprint density at radius 1 is 0.944 bits per heavy atom. The molecule has 5 rings (SSSR count). The molecule has 5 aromatic rings. The maximum Gasteiger partial charge on any atom is 0.232 e. The summed E-state index contributed by atoms with van der Waals surface area (Å²) >= 11 is 0. The van der Waals surface area contributed by atoms with Gasteiger partial charge in [0.05, 0.1) is 22.9 Å². The molecule has 0 saturated heterocycles. The van der Waals surface area contributed by atoms with Crippen molar-refractivity contribution in [2.45, 2.75) is 20.5 Å². The number of anilines is 1. The summed E-state index contributed by atoms with van der Waals surface area (Å²) in [6.07, 6.45) is 1.54. The van der Waals surface area contributed by atoms with Crippen molar-refractivity contribution in [3.05, 3.63) is 83.1 Å². The number of rotatable bonds is 5. The Balaban J connectivity index is 1.69. The van der Waals surface area contributed by atoms with Crippen LogP contribution < -0.4 is 10.5 Å². The first-order valence-electron chi connectivity index (χ1n) is 11.0. The average molecular weight is 474 g/mol. The molecule has 0 aliphatic heterocycles. The summed E-state index contributed by atoms with van der Waals surface area (Å²) in [7, 11) is 0. The fourth-order valence-electron chi connectivity index (χ4n) is 3.97. The number of nitrogens with two attached hydrogens (primary N) is 1. The standard InChI is InChI=1S/C26H19N9O/c1-15-9-20(10-16(2)31-15)22-23(18-6-3-5-17(11-18)12-27)33-26(29)35-24(22)32-21(34-35)14-36-25-19(13-28)7-4-8-30-25/h3-11H,14H2,1-2H3,(H2,29,33). The zero-order chi connectivity index (χ0) is 25.2. The Bertz CT molecular complexity index is 1690. The van der Waals surface area contributed by atoms with E-state index in [2.05, 4.69) is 32.2 Å². The van der Waals surface area contributed by atoms with Crippen molar-refractivity contribution in [3.63, 3.8) is 0 Å². The van der Waals surface area contributed by atoms with Crippen molar-refractivity contribution in [1.29, 1.82) is 10.5 Å². The van der Waals surface area contributed by atoms with Gasteiger partial charge in [0.15, 0.2) is 18.1 Å². The predicted molar refractivity (Wildman–Crippen MR) is 131 cm³/mol. The number of nitrogen functional groups attached to an aromatic ring is 1. The lowest BCUT2D eigenvalue weighted by atomic mass is 9.98. The molecule has 1 aromatic carbocycles. The summed E-state index contributed by atoms with van der Waals surface area (Å²) in [5, 5.41) is 23.2. The SMILES string of the molecule is Cc1cc(-c2c(-c3cccc(C#N)c3)nc(N)n3nc(COc4ncccc4C#N)nc23)cc(C)n1. The van der Waals surface area contributed by atoms with E-state index in [-0.39, 0.29) is 18.4 Å². The Labute approximate surface area is 206 Å². The van der Waals surface area contributed by atoms with E-state index in [1.165, 1.54) is 4.52 Å². The van der Waals surface area contributed by atoms with Gasteiger partial charge in [0.2, 0.25) is 11.8 Å². The van der Waals surface area contributed by atoms with Gasteiger partial charge in [-0.1, -0.05) is 12.1 Å². The van der Waals surface area contributed by atoms with Crippen LogP contribution in [0.25, 0.3) is 28.0 Å². The first-order chi connectivity index (χ1) is 17.5. The molecular formula is C26H19N9O. The summed E-state index contributed by atoms with van der Waals surface area (Å²) in [4.78, 5) is 18.0. The van der Waals surface area contributed by atoms with Gasteiger partial charge in [-0.2, -0.15) is 15.0 Å². The van der Waals surface area contributed by atoms with E-state index in [0.29, 0.717) is 33.9 Å². The van der Waals surface area contributed by atoms with Crippen LogP contribution in [-0.2, 0) is 6.61 Å². The number of ether oxygens (including phenoxy) is 1. The van der Waals surface area contributed by atoms with Gasteiger partial charge in [-0.15, -0.1) is 5.10 Å². The maximum absolute atomic E-state index is 9.42. The number of nitriles is 2. The van der Waals surface area contributed by atoms with Crippen molar-refractivity contribution < 1.29 is 4.74 Å². The molecule has 0 radical (unpaired) electrons. The maximum atomic E-state index is 9.42. The lowest BCUT2D eigenvalue weighted by molar-refractivity contribution is 0.283.